The Morgan fingerprint density at radius 1 is 1.30 bits per heavy atom. The Bertz CT molecular complexity index is 790. The second-order valence-corrected chi connectivity index (χ2v) is 7.31. The first-order chi connectivity index (χ1) is 11.3. The molecule has 2 unspecified atom stereocenters. The minimum absolute atomic E-state index is 0.00569. The average molecular weight is 330 g/mol. The molecule has 0 radical (unpaired) electrons. The van der Waals surface area contributed by atoms with Gasteiger partial charge in [0.1, 0.15) is 5.75 Å². The highest BCUT2D eigenvalue weighted by Gasteiger charge is 2.42. The Morgan fingerprint density at radius 2 is 2.22 bits per heavy atom. The van der Waals surface area contributed by atoms with E-state index < -0.39 is 0 Å². The highest BCUT2D eigenvalue weighted by molar-refractivity contribution is 7.22. The second-order valence-electron chi connectivity index (χ2n) is 6.30. The lowest BCUT2D eigenvalue weighted by Gasteiger charge is -2.22. The first-order valence-corrected chi connectivity index (χ1v) is 8.98. The number of carbonyl (C=O) groups is 1. The Kier molecular flexibility index (Phi) is 2.99. The van der Waals surface area contributed by atoms with Crippen molar-refractivity contribution in [3.63, 3.8) is 0 Å². The van der Waals surface area contributed by atoms with Gasteiger partial charge in [0, 0.05) is 12.0 Å². The number of thiazole rings is 1. The Morgan fingerprint density at radius 3 is 3.17 bits per heavy atom. The minimum atomic E-state index is -0.00569. The zero-order valence-corrected chi connectivity index (χ0v) is 13.5. The van der Waals surface area contributed by atoms with Crippen molar-refractivity contribution in [3.8, 4) is 5.75 Å². The zero-order valence-electron chi connectivity index (χ0n) is 12.7. The summed E-state index contributed by atoms with van der Waals surface area (Å²) in [6.07, 6.45) is 2.83. The molecule has 2 aromatic rings. The third kappa shape index (κ3) is 2.03. The van der Waals surface area contributed by atoms with Crippen molar-refractivity contribution >= 4 is 32.7 Å². The highest BCUT2D eigenvalue weighted by Crippen LogP contribution is 2.39. The molecule has 5 rings (SSSR count). The van der Waals surface area contributed by atoms with E-state index in [4.69, 9.17) is 9.72 Å². The monoisotopic (exact) mass is 330 g/mol. The van der Waals surface area contributed by atoms with Crippen molar-refractivity contribution in [3.05, 3.63) is 17.7 Å². The molecule has 1 aromatic carbocycles. The molecule has 3 aliphatic rings. The fourth-order valence-electron chi connectivity index (χ4n) is 3.87. The van der Waals surface area contributed by atoms with Gasteiger partial charge >= 0.3 is 6.03 Å². The van der Waals surface area contributed by atoms with Gasteiger partial charge in [-0.2, -0.15) is 0 Å². The molecule has 2 amide bonds. The first-order valence-electron chi connectivity index (χ1n) is 8.17. The summed E-state index contributed by atoms with van der Waals surface area (Å²) in [6.45, 7) is 2.63. The summed E-state index contributed by atoms with van der Waals surface area (Å²) >= 11 is 1.60. The Hall–Kier alpha value is -1.86. The molecule has 6 nitrogen and oxygen atoms in total. The van der Waals surface area contributed by atoms with Crippen molar-refractivity contribution in [1.82, 2.24) is 15.6 Å². The van der Waals surface area contributed by atoms with Gasteiger partial charge in [0.15, 0.2) is 5.13 Å². The molecule has 0 saturated carbocycles. The van der Waals surface area contributed by atoms with Crippen LogP contribution >= 0.6 is 11.3 Å². The molecule has 2 N–H and O–H groups in total. The number of anilines is 1. The van der Waals surface area contributed by atoms with E-state index in [0.717, 1.165) is 60.1 Å². The largest absolute Gasteiger partial charge is 0.493 e. The number of aromatic nitrogens is 1. The van der Waals surface area contributed by atoms with Crippen LogP contribution in [0, 0.1) is 0 Å². The van der Waals surface area contributed by atoms with Crippen LogP contribution in [0.15, 0.2) is 12.1 Å². The number of carbonyl (C=O) groups excluding carboxylic acids is 1. The van der Waals surface area contributed by atoms with Gasteiger partial charge in [0.25, 0.3) is 0 Å². The number of fused-ring (bicyclic) bond motifs is 4. The molecule has 2 saturated heterocycles. The molecule has 4 heterocycles. The van der Waals surface area contributed by atoms with E-state index in [1.165, 1.54) is 5.56 Å². The van der Waals surface area contributed by atoms with Crippen LogP contribution in [0.4, 0.5) is 9.93 Å². The van der Waals surface area contributed by atoms with Crippen LogP contribution in [-0.4, -0.2) is 42.8 Å². The van der Waals surface area contributed by atoms with Crippen molar-refractivity contribution in [2.75, 3.05) is 24.6 Å². The summed E-state index contributed by atoms with van der Waals surface area (Å²) in [7, 11) is 0. The van der Waals surface area contributed by atoms with Crippen LogP contribution in [0.2, 0.25) is 0 Å². The number of nitrogens with zero attached hydrogens (tertiary/aromatic N) is 2. The number of amides is 2. The quantitative estimate of drug-likeness (QED) is 0.838. The predicted octanol–water partition coefficient (Wildman–Crippen LogP) is 1.88. The smallest absolute Gasteiger partial charge is 0.324 e. The average Bonchev–Trinajstić information content (AvgIpc) is 3.19. The molecule has 0 spiro atoms. The van der Waals surface area contributed by atoms with E-state index in [1.54, 1.807) is 11.3 Å². The van der Waals surface area contributed by atoms with Gasteiger partial charge in [-0.1, -0.05) is 11.3 Å². The lowest BCUT2D eigenvalue weighted by Crippen LogP contribution is -2.36. The minimum Gasteiger partial charge on any atom is -0.493 e. The van der Waals surface area contributed by atoms with Crippen LogP contribution in [0.1, 0.15) is 18.4 Å². The number of rotatable bonds is 1. The molecular weight excluding hydrogens is 312 g/mol. The predicted molar refractivity (Wildman–Crippen MR) is 89.5 cm³/mol. The highest BCUT2D eigenvalue weighted by atomic mass is 32.1. The van der Waals surface area contributed by atoms with E-state index >= 15 is 0 Å². The lowest BCUT2D eigenvalue weighted by molar-refractivity contribution is 0.250. The van der Waals surface area contributed by atoms with Crippen LogP contribution in [0.5, 0.6) is 5.75 Å². The molecule has 120 valence electrons. The fraction of sp³-hybridized carbons (Fsp3) is 0.500. The van der Waals surface area contributed by atoms with E-state index in [9.17, 15) is 4.79 Å². The fourth-order valence-corrected chi connectivity index (χ4v) is 4.92. The van der Waals surface area contributed by atoms with Crippen molar-refractivity contribution < 1.29 is 9.53 Å². The number of benzene rings is 1. The van der Waals surface area contributed by atoms with Gasteiger partial charge in [-0.25, -0.2) is 9.78 Å². The summed E-state index contributed by atoms with van der Waals surface area (Å²) in [5.41, 5.74) is 2.19. The van der Waals surface area contributed by atoms with Crippen molar-refractivity contribution in [2.45, 2.75) is 31.3 Å². The van der Waals surface area contributed by atoms with Crippen molar-refractivity contribution in [1.29, 1.82) is 0 Å². The molecule has 7 heteroatoms. The lowest BCUT2D eigenvalue weighted by atomic mass is 10.0. The number of urea groups is 1. The zero-order chi connectivity index (χ0) is 15.4. The van der Waals surface area contributed by atoms with Crippen LogP contribution in [0.25, 0.3) is 10.2 Å². The third-order valence-electron chi connectivity index (χ3n) is 5.00. The summed E-state index contributed by atoms with van der Waals surface area (Å²) in [6, 6.07) is 4.49. The number of ether oxygens (including phenoxy) is 1. The summed E-state index contributed by atoms with van der Waals surface area (Å²) in [5.74, 6) is 0.941. The van der Waals surface area contributed by atoms with Crippen LogP contribution < -0.4 is 20.3 Å². The number of nitrogens with one attached hydrogen (secondary N) is 2. The molecule has 2 atom stereocenters. The van der Waals surface area contributed by atoms with E-state index in [-0.39, 0.29) is 18.1 Å². The molecular formula is C16H18N4O2S. The molecule has 3 aliphatic heterocycles. The first kappa shape index (κ1) is 13.6. The number of hydrogen-bond donors (Lipinski definition) is 2. The van der Waals surface area contributed by atoms with E-state index in [2.05, 4.69) is 16.7 Å². The van der Waals surface area contributed by atoms with Gasteiger partial charge < -0.3 is 15.4 Å². The third-order valence-corrected chi connectivity index (χ3v) is 6.02. The van der Waals surface area contributed by atoms with E-state index in [0.29, 0.717) is 0 Å². The van der Waals surface area contributed by atoms with Gasteiger partial charge in [-0.05, 0) is 38.1 Å². The standard InChI is InChI=1S/C16H18N4O2S/c21-15-18-10-3-6-17-7-4-11(10)20(15)16-19-14-9-5-8-22-12(9)1-2-13(14)23-16/h1-2,10-11,17H,3-8H2,(H,18,21). The van der Waals surface area contributed by atoms with Gasteiger partial charge in [-0.15, -0.1) is 0 Å². The maximum atomic E-state index is 12.5. The summed E-state index contributed by atoms with van der Waals surface area (Å²) in [4.78, 5) is 19.2. The topological polar surface area (TPSA) is 66.5 Å². The molecule has 2 fully saturated rings. The molecule has 1 aromatic heterocycles. The maximum Gasteiger partial charge on any atom is 0.324 e. The molecule has 0 aliphatic carbocycles. The maximum absolute atomic E-state index is 12.5. The van der Waals surface area contributed by atoms with Gasteiger partial charge in [0.05, 0.1) is 28.9 Å². The second kappa shape index (κ2) is 5.07. The van der Waals surface area contributed by atoms with E-state index in [1.807, 2.05) is 11.0 Å². The van der Waals surface area contributed by atoms with Crippen LogP contribution in [-0.2, 0) is 6.42 Å². The Balaban J connectivity index is 1.58. The van der Waals surface area contributed by atoms with Gasteiger partial charge in [-0.3, -0.25) is 4.90 Å². The normalized spacial score (nSPS) is 26.6. The molecule has 23 heavy (non-hydrogen) atoms. The summed E-state index contributed by atoms with van der Waals surface area (Å²) < 4.78 is 6.76. The molecule has 0 bridgehead atoms. The van der Waals surface area contributed by atoms with Gasteiger partial charge in [0.2, 0.25) is 0 Å². The Labute approximate surface area is 137 Å². The number of hydrogen-bond acceptors (Lipinski definition) is 5. The van der Waals surface area contributed by atoms with Crippen molar-refractivity contribution in [2.24, 2.45) is 0 Å². The van der Waals surface area contributed by atoms with Crippen LogP contribution in [0.3, 0.4) is 0 Å². The SMILES string of the molecule is O=C1NC2CCNCCC2N1c1nc2c3c(ccc2s1)OCC3. The summed E-state index contributed by atoms with van der Waals surface area (Å²) in [5, 5.41) is 7.35.